The van der Waals surface area contributed by atoms with Crippen LogP contribution in [0.5, 0.6) is 0 Å². The zero-order valence-electron chi connectivity index (χ0n) is 29.4. The predicted octanol–water partition coefficient (Wildman–Crippen LogP) is 13.3. The minimum atomic E-state index is 1.14. The molecule has 0 saturated carbocycles. The number of aromatic nitrogens is 3. The van der Waals surface area contributed by atoms with Gasteiger partial charge in [-0.2, -0.15) is 0 Å². The highest BCUT2D eigenvalue weighted by Gasteiger charge is 2.12. The second-order valence-corrected chi connectivity index (χ2v) is 13.8. The molecule has 54 heavy (non-hydrogen) atoms. The van der Waals surface area contributed by atoms with Crippen molar-refractivity contribution in [3.63, 3.8) is 0 Å². The number of hydrogen-bond acceptors (Lipinski definition) is 3. The molecule has 3 nitrogen and oxygen atoms in total. The summed E-state index contributed by atoms with van der Waals surface area (Å²) in [7, 11) is 0. The lowest BCUT2D eigenvalue weighted by molar-refractivity contribution is 1.36. The summed E-state index contributed by atoms with van der Waals surface area (Å²) in [5.41, 5.74) is 13.8. The summed E-state index contributed by atoms with van der Waals surface area (Å²) in [4.78, 5) is 13.6. The van der Waals surface area contributed by atoms with E-state index in [1.165, 1.54) is 16.2 Å². The zero-order valence-corrected chi connectivity index (χ0v) is 29.4. The Labute approximate surface area is 313 Å². The lowest BCUT2D eigenvalue weighted by Crippen LogP contribution is -1.89. The molecular weight excluding hydrogens is 655 g/mol. The molecule has 3 aromatic heterocycles. The summed E-state index contributed by atoms with van der Waals surface area (Å²) in [5.74, 6) is 0. The lowest BCUT2D eigenvalue weighted by Gasteiger charge is -2.14. The van der Waals surface area contributed by atoms with Gasteiger partial charge in [-0.1, -0.05) is 146 Å². The quantitative estimate of drug-likeness (QED) is 0.175. The summed E-state index contributed by atoms with van der Waals surface area (Å²) >= 11 is 0. The van der Waals surface area contributed by atoms with Gasteiger partial charge >= 0.3 is 0 Å². The minimum Gasteiger partial charge on any atom is -0.263 e. The van der Waals surface area contributed by atoms with E-state index in [1.54, 1.807) is 0 Å². The van der Waals surface area contributed by atoms with Crippen molar-refractivity contribution in [2.24, 2.45) is 0 Å². The third-order valence-corrected chi connectivity index (χ3v) is 10.5. The predicted molar refractivity (Wildman–Crippen MR) is 225 cm³/mol. The third-order valence-electron chi connectivity index (χ3n) is 10.5. The molecule has 0 N–H and O–H groups in total. The van der Waals surface area contributed by atoms with Crippen molar-refractivity contribution >= 4 is 32.3 Å². The monoisotopic (exact) mass is 687 g/mol. The first kappa shape index (κ1) is 31.5. The van der Waals surface area contributed by atoms with E-state index in [2.05, 4.69) is 179 Å². The molecule has 252 valence electrons. The van der Waals surface area contributed by atoms with Gasteiger partial charge in [0.1, 0.15) is 0 Å². The highest BCUT2D eigenvalue weighted by atomic mass is 14.6. The molecule has 0 fully saturated rings. The molecule has 10 aromatic rings. The maximum absolute atomic E-state index is 4.53. The summed E-state index contributed by atoms with van der Waals surface area (Å²) < 4.78 is 0. The van der Waals surface area contributed by atoms with Crippen LogP contribution in [0.25, 0.3) is 99.1 Å². The minimum absolute atomic E-state index is 1.14. The highest BCUT2D eigenvalue weighted by molar-refractivity contribution is 5.98. The van der Waals surface area contributed by atoms with Gasteiger partial charge < -0.3 is 0 Å². The lowest BCUT2D eigenvalue weighted by atomic mass is 9.91. The molecule has 7 aromatic carbocycles. The zero-order chi connectivity index (χ0) is 35.8. The van der Waals surface area contributed by atoms with Crippen molar-refractivity contribution in [1.29, 1.82) is 0 Å². The standard InChI is InChI=1S/C51H33N3/c1-4-10-46-40(7-1)28-52-31-49(46)37-19-13-34(14-20-37)43-25-44(35-15-21-38(22-16-35)50-32-53-29-41-8-2-5-11-47(41)50)27-45(26-43)36-17-23-39(24-18-36)51-33-54-30-42-9-3-6-12-48(42)51/h1-33H. The molecule has 0 aliphatic heterocycles. The Morgan fingerprint density at radius 1 is 0.222 bits per heavy atom. The van der Waals surface area contributed by atoms with E-state index in [0.29, 0.717) is 0 Å². The second kappa shape index (κ2) is 13.4. The van der Waals surface area contributed by atoms with Crippen LogP contribution in [0.2, 0.25) is 0 Å². The van der Waals surface area contributed by atoms with Crippen molar-refractivity contribution < 1.29 is 0 Å². The maximum atomic E-state index is 4.53. The van der Waals surface area contributed by atoms with Crippen molar-refractivity contribution in [3.05, 3.63) is 201 Å². The molecule has 0 spiro atoms. The smallest absolute Gasteiger partial charge is 0.0352 e. The van der Waals surface area contributed by atoms with E-state index in [0.717, 1.165) is 82.9 Å². The SMILES string of the molecule is c1ccc2c(-c3ccc(-c4cc(-c5ccc(-c6cncc7ccccc67)cc5)cc(-c5ccc(-c6cncc7ccccc67)cc5)c4)cc3)cncc2c1. The maximum Gasteiger partial charge on any atom is 0.0352 e. The summed E-state index contributed by atoms with van der Waals surface area (Å²) in [6, 6.07) is 58.9. The summed E-state index contributed by atoms with van der Waals surface area (Å²) in [5, 5.41) is 7.03. The van der Waals surface area contributed by atoms with Crippen LogP contribution in [0.15, 0.2) is 201 Å². The fraction of sp³-hybridized carbons (Fsp3) is 0. The van der Waals surface area contributed by atoms with Crippen molar-refractivity contribution in [3.8, 4) is 66.8 Å². The van der Waals surface area contributed by atoms with Gasteiger partial charge in [0.15, 0.2) is 0 Å². The Bertz CT molecular complexity index is 2610. The van der Waals surface area contributed by atoms with Crippen LogP contribution in [-0.4, -0.2) is 15.0 Å². The number of fused-ring (bicyclic) bond motifs is 3. The van der Waals surface area contributed by atoms with Crippen LogP contribution in [0, 0.1) is 0 Å². The first-order valence-corrected chi connectivity index (χ1v) is 18.2. The van der Waals surface area contributed by atoms with Gasteiger partial charge in [-0.15, -0.1) is 0 Å². The van der Waals surface area contributed by atoms with Crippen molar-refractivity contribution in [1.82, 2.24) is 15.0 Å². The van der Waals surface area contributed by atoms with Crippen molar-refractivity contribution in [2.45, 2.75) is 0 Å². The van der Waals surface area contributed by atoms with E-state index in [4.69, 9.17) is 0 Å². The molecule has 0 radical (unpaired) electrons. The highest BCUT2D eigenvalue weighted by Crippen LogP contribution is 2.37. The van der Waals surface area contributed by atoms with Crippen LogP contribution >= 0.6 is 0 Å². The molecule has 0 amide bonds. The Balaban J connectivity index is 1.06. The molecule has 0 saturated heterocycles. The molecule has 10 rings (SSSR count). The van der Waals surface area contributed by atoms with Crippen molar-refractivity contribution in [2.75, 3.05) is 0 Å². The number of pyridine rings is 3. The van der Waals surface area contributed by atoms with Crippen LogP contribution in [0.4, 0.5) is 0 Å². The number of nitrogens with zero attached hydrogens (tertiary/aromatic N) is 3. The molecule has 3 heterocycles. The largest absolute Gasteiger partial charge is 0.263 e. The topological polar surface area (TPSA) is 38.7 Å². The summed E-state index contributed by atoms with van der Waals surface area (Å²) in [6.45, 7) is 0. The van der Waals surface area contributed by atoms with Gasteiger partial charge in [-0.25, -0.2) is 0 Å². The average Bonchev–Trinajstić information content (AvgIpc) is 3.26. The van der Waals surface area contributed by atoms with E-state index in [1.807, 2.05) is 37.2 Å². The fourth-order valence-electron chi connectivity index (χ4n) is 7.69. The van der Waals surface area contributed by atoms with Crippen LogP contribution in [-0.2, 0) is 0 Å². The van der Waals surface area contributed by atoms with E-state index in [-0.39, 0.29) is 0 Å². The van der Waals surface area contributed by atoms with Crippen LogP contribution < -0.4 is 0 Å². The molecule has 0 unspecified atom stereocenters. The molecule has 0 aliphatic rings. The third kappa shape index (κ3) is 5.78. The average molecular weight is 688 g/mol. The van der Waals surface area contributed by atoms with Gasteiger partial charge in [-0.05, 0) is 84.4 Å². The van der Waals surface area contributed by atoms with Crippen LogP contribution in [0.1, 0.15) is 0 Å². The first-order chi connectivity index (χ1) is 26.7. The summed E-state index contributed by atoms with van der Waals surface area (Å²) in [6.07, 6.45) is 11.7. The van der Waals surface area contributed by atoms with Gasteiger partial charge in [0.25, 0.3) is 0 Å². The second-order valence-electron chi connectivity index (χ2n) is 13.8. The fourth-order valence-corrected chi connectivity index (χ4v) is 7.69. The number of hydrogen-bond donors (Lipinski definition) is 0. The number of benzene rings is 7. The molecule has 0 atom stereocenters. The van der Waals surface area contributed by atoms with Gasteiger partial charge in [-0.3, -0.25) is 15.0 Å². The molecular formula is C51H33N3. The van der Waals surface area contributed by atoms with Gasteiger partial charge in [0, 0.05) is 70.0 Å². The molecule has 0 bridgehead atoms. The van der Waals surface area contributed by atoms with E-state index in [9.17, 15) is 0 Å². The van der Waals surface area contributed by atoms with Crippen LogP contribution in [0.3, 0.4) is 0 Å². The Kier molecular flexibility index (Phi) is 7.81. The normalized spacial score (nSPS) is 11.3. The Morgan fingerprint density at radius 3 is 0.778 bits per heavy atom. The van der Waals surface area contributed by atoms with Gasteiger partial charge in [0.2, 0.25) is 0 Å². The molecule has 0 aliphatic carbocycles. The van der Waals surface area contributed by atoms with Gasteiger partial charge in [0.05, 0.1) is 0 Å². The van der Waals surface area contributed by atoms with E-state index < -0.39 is 0 Å². The van der Waals surface area contributed by atoms with E-state index >= 15 is 0 Å². The first-order valence-electron chi connectivity index (χ1n) is 18.2. The Hall–Kier alpha value is -7.23. The Morgan fingerprint density at radius 2 is 0.481 bits per heavy atom. The molecule has 3 heteroatoms. The number of rotatable bonds is 6.